The lowest BCUT2D eigenvalue weighted by atomic mass is 9.76. The van der Waals surface area contributed by atoms with Crippen molar-refractivity contribution in [1.29, 1.82) is 0 Å². The molecule has 3 saturated heterocycles. The zero-order chi connectivity index (χ0) is 70.0. The molecule has 3 atom stereocenters. The van der Waals surface area contributed by atoms with Crippen molar-refractivity contribution in [2.45, 2.75) is 124 Å². The van der Waals surface area contributed by atoms with E-state index in [-0.39, 0.29) is 62.0 Å². The quantitative estimate of drug-likeness (QED) is 0.0545. The lowest BCUT2D eigenvalue weighted by Crippen LogP contribution is -2.40. The monoisotopic (exact) mass is 1420 g/mol. The molecule has 20 heteroatoms. The van der Waals surface area contributed by atoms with Crippen molar-refractivity contribution in [3.63, 3.8) is 0 Å². The molecule has 17 nitrogen and oxygen atoms in total. The topological polar surface area (TPSA) is 200 Å². The molecule has 6 aliphatic rings. The van der Waals surface area contributed by atoms with Crippen LogP contribution in [0.25, 0.3) is 34.9 Å². The second-order valence-corrected chi connectivity index (χ2v) is 26.6. The number of allylic oxidation sites excluding steroid dienone is 4. The normalized spacial score (nSPS) is 17.9. The van der Waals surface area contributed by atoms with Crippen LogP contribution in [0.2, 0.25) is 15.1 Å². The zero-order valence-electron chi connectivity index (χ0n) is 57.1. The van der Waals surface area contributed by atoms with Crippen molar-refractivity contribution in [2.75, 3.05) is 78.9 Å². The number of pyridine rings is 3. The van der Waals surface area contributed by atoms with Gasteiger partial charge in [-0.3, -0.25) is 19.7 Å². The highest BCUT2D eigenvalue weighted by molar-refractivity contribution is 6.31. The Balaban J connectivity index is 0.000000174. The summed E-state index contributed by atoms with van der Waals surface area (Å²) < 4.78 is 25.8. The second kappa shape index (κ2) is 36.8. The first-order valence-corrected chi connectivity index (χ1v) is 36.0. The van der Waals surface area contributed by atoms with E-state index in [9.17, 15) is 29.1 Å². The van der Waals surface area contributed by atoms with Crippen molar-refractivity contribution in [3.8, 4) is 0 Å². The van der Waals surface area contributed by atoms with Crippen LogP contribution in [0, 0.1) is 17.8 Å². The number of hydrogen-bond acceptors (Lipinski definition) is 14. The molecule has 6 heterocycles. The maximum absolute atomic E-state index is 12.2. The lowest BCUT2D eigenvalue weighted by molar-refractivity contribution is -0.143. The Morgan fingerprint density at radius 2 is 0.840 bits per heavy atom. The number of benzene rings is 3. The van der Waals surface area contributed by atoms with Gasteiger partial charge >= 0.3 is 30.2 Å². The summed E-state index contributed by atoms with van der Waals surface area (Å²) in [4.78, 5) is 80.6. The van der Waals surface area contributed by atoms with Crippen LogP contribution in [0.1, 0.15) is 191 Å². The molecule has 0 bridgehead atoms. The van der Waals surface area contributed by atoms with Crippen molar-refractivity contribution >= 4 is 100.0 Å². The summed E-state index contributed by atoms with van der Waals surface area (Å²) in [5, 5.41) is 11.4. The van der Waals surface area contributed by atoms with Gasteiger partial charge in [-0.2, -0.15) is 0 Å². The lowest BCUT2D eigenvalue weighted by Gasteiger charge is -2.36. The summed E-state index contributed by atoms with van der Waals surface area (Å²) in [7, 11) is 0. The number of aliphatic hydroxyl groups excluding tert-OH is 1. The van der Waals surface area contributed by atoms with E-state index >= 15 is 0 Å². The minimum absolute atomic E-state index is 0. The van der Waals surface area contributed by atoms with Crippen molar-refractivity contribution < 1.29 is 52.8 Å². The highest BCUT2D eigenvalue weighted by atomic mass is 35.5. The predicted molar refractivity (Wildman–Crippen MR) is 395 cm³/mol. The molecule has 6 aromatic rings. The maximum atomic E-state index is 12.2. The summed E-state index contributed by atoms with van der Waals surface area (Å²) in [6.45, 7) is 15.1. The number of piperidine rings is 3. The number of ether oxygens (including phenoxy) is 5. The molecule has 530 valence electrons. The SMILES string of the molecule is C.CCOC(=O)/C=C/C1=Cc2cccnc2C(C2CCN(C(=O)OCC)CC2)c2ccc(Cl)cc21.CCOC(=O)CCC1=Cc2cccnc2C(C2CCN(C(=O)OCC)CC2)c2ccc(Cl)cc21.CCOC(=O)N1CCC(C2c3ccc(Cl)cc3C(CCCO)=Cc3cccnc32)CC1. The van der Waals surface area contributed by atoms with E-state index < -0.39 is 0 Å². The number of fused-ring (bicyclic) bond motifs is 6. The average molecular weight is 1420 g/mol. The van der Waals surface area contributed by atoms with Crippen LogP contribution in [0.15, 0.2) is 122 Å². The molecule has 3 aromatic heterocycles. The summed E-state index contributed by atoms with van der Waals surface area (Å²) >= 11 is 19.3. The van der Waals surface area contributed by atoms with Crippen LogP contribution in [0.5, 0.6) is 0 Å². The van der Waals surface area contributed by atoms with E-state index in [1.54, 1.807) is 22.8 Å². The zero-order valence-corrected chi connectivity index (χ0v) is 59.4. The van der Waals surface area contributed by atoms with Crippen LogP contribution in [0.4, 0.5) is 14.4 Å². The number of hydrogen-bond donors (Lipinski definition) is 1. The maximum Gasteiger partial charge on any atom is 0.409 e. The van der Waals surface area contributed by atoms with Crippen molar-refractivity contribution in [3.05, 3.63) is 204 Å². The third-order valence-electron chi connectivity index (χ3n) is 19.3. The fourth-order valence-electron chi connectivity index (χ4n) is 14.8. The molecule has 3 aromatic carbocycles. The Bertz CT molecular complexity index is 3960. The number of nitrogens with zero attached hydrogens (tertiary/aromatic N) is 6. The molecule has 3 amide bonds. The van der Waals surface area contributed by atoms with Gasteiger partial charge in [-0.25, -0.2) is 19.2 Å². The van der Waals surface area contributed by atoms with Gasteiger partial charge in [0.2, 0.25) is 0 Å². The van der Waals surface area contributed by atoms with Gasteiger partial charge in [-0.1, -0.05) is 78.6 Å². The highest BCUT2D eigenvalue weighted by Crippen LogP contribution is 2.49. The molecule has 3 fully saturated rings. The molecular formula is C80H93Cl3N6O11. The van der Waals surface area contributed by atoms with Crippen LogP contribution in [-0.4, -0.2) is 144 Å². The number of esters is 2. The van der Waals surface area contributed by atoms with Gasteiger partial charge in [0.15, 0.2) is 0 Å². The number of rotatable bonds is 16. The van der Waals surface area contributed by atoms with Gasteiger partial charge in [0.1, 0.15) is 0 Å². The molecule has 0 saturated carbocycles. The van der Waals surface area contributed by atoms with Gasteiger partial charge in [0.05, 0.1) is 50.1 Å². The molecular weight excluding hydrogens is 1330 g/mol. The Kier molecular flexibility index (Phi) is 27.9. The number of carbonyl (C=O) groups excluding carboxylic acids is 5. The van der Waals surface area contributed by atoms with E-state index in [2.05, 4.69) is 54.6 Å². The Morgan fingerprint density at radius 1 is 0.480 bits per heavy atom. The third kappa shape index (κ3) is 18.6. The standard InChI is InChI=1S/C27H31ClN2O4.C27H29ClN2O4.C25H29ClN2O3.CH4/c2*1-3-33-24(31)10-7-19-16-20-6-5-13-29-26(20)25(22-9-8-21(28)17-23(19)22)18-11-14-30(15-12-18)27(32)34-4-2;1-2-31-25(30)28-12-9-17(10-13-28)23-21-8-7-20(26)16-22(21)18(6-4-14-29)15-19-5-3-11-27-24(19)23;/h5-6,8-9,13,16-18,25H,3-4,7,10-12,14-15H2,1-2H3;5-10,13,16-18,25H,3-4,11-12,14-15H2,1-2H3;3,5,7-8,11,15-17,23,29H,2,4,6,9-10,12-14H2,1H3;1H4/b;10-7+;;. The number of aromatic nitrogens is 3. The molecule has 0 spiro atoms. The van der Waals surface area contributed by atoms with Gasteiger partial charge in [0, 0.05) is 110 Å². The first kappa shape index (κ1) is 75.8. The van der Waals surface area contributed by atoms with Gasteiger partial charge in [-0.05, 0) is 256 Å². The first-order valence-electron chi connectivity index (χ1n) is 34.9. The fourth-order valence-corrected chi connectivity index (χ4v) is 15.3. The van der Waals surface area contributed by atoms with E-state index in [1.807, 2.05) is 106 Å². The number of carbonyl (C=O) groups is 5. The molecule has 3 unspecified atom stereocenters. The second-order valence-electron chi connectivity index (χ2n) is 25.3. The fraction of sp³-hybridized carbons (Fsp3) is 0.425. The number of likely N-dealkylation sites (tertiary alicyclic amines) is 3. The van der Waals surface area contributed by atoms with Gasteiger partial charge < -0.3 is 43.5 Å². The predicted octanol–water partition coefficient (Wildman–Crippen LogP) is 17.6. The summed E-state index contributed by atoms with van der Waals surface area (Å²) in [6, 6.07) is 30.2. The summed E-state index contributed by atoms with van der Waals surface area (Å²) in [5.41, 5.74) is 16.2. The minimum Gasteiger partial charge on any atom is -0.466 e. The van der Waals surface area contributed by atoms with Crippen LogP contribution in [0.3, 0.4) is 0 Å². The first-order chi connectivity index (χ1) is 48.1. The molecule has 3 aliphatic heterocycles. The van der Waals surface area contributed by atoms with Gasteiger partial charge in [-0.15, -0.1) is 0 Å². The van der Waals surface area contributed by atoms with E-state index in [1.165, 1.54) is 22.8 Å². The van der Waals surface area contributed by atoms with Gasteiger partial charge in [0.25, 0.3) is 0 Å². The van der Waals surface area contributed by atoms with Crippen molar-refractivity contribution in [1.82, 2.24) is 29.7 Å². The summed E-state index contributed by atoms with van der Waals surface area (Å²) in [6.07, 6.45) is 22.0. The number of aliphatic hydroxyl groups is 1. The Morgan fingerprint density at radius 3 is 1.22 bits per heavy atom. The van der Waals surface area contributed by atoms with Crippen molar-refractivity contribution in [2.24, 2.45) is 17.8 Å². The summed E-state index contributed by atoms with van der Waals surface area (Å²) in [5.74, 6) is 0.636. The largest absolute Gasteiger partial charge is 0.466 e. The Labute approximate surface area is 603 Å². The molecule has 1 N–H and O–H groups in total. The van der Waals surface area contributed by atoms with Crippen LogP contribution in [-0.2, 0) is 33.3 Å². The molecule has 0 radical (unpaired) electrons. The van der Waals surface area contributed by atoms with Crippen LogP contribution < -0.4 is 0 Å². The number of amides is 3. The molecule has 100 heavy (non-hydrogen) atoms. The Hall–Kier alpha value is -8.35. The van der Waals surface area contributed by atoms with E-state index in [0.717, 1.165) is 112 Å². The molecule has 3 aliphatic carbocycles. The average Bonchev–Trinajstić information content (AvgIpc) is 1.55. The van der Waals surface area contributed by atoms with E-state index in [4.69, 9.17) is 73.4 Å². The minimum atomic E-state index is -0.384. The third-order valence-corrected chi connectivity index (χ3v) is 20.0. The number of halogens is 3. The molecule has 12 rings (SSSR count). The smallest absolute Gasteiger partial charge is 0.409 e. The highest BCUT2D eigenvalue weighted by Gasteiger charge is 2.39. The van der Waals surface area contributed by atoms with E-state index in [0.29, 0.717) is 124 Å². The van der Waals surface area contributed by atoms with Crippen LogP contribution >= 0.6 is 34.8 Å².